The second-order valence-corrected chi connectivity index (χ2v) is 6.11. The molecular formula is C18H30N4O2. The molecule has 2 heterocycles. The highest BCUT2D eigenvalue weighted by Gasteiger charge is 2.24. The highest BCUT2D eigenvalue weighted by Crippen LogP contribution is 2.17. The number of aromatic nitrogens is 1. The number of methoxy groups -OCH3 is 1. The van der Waals surface area contributed by atoms with Gasteiger partial charge in [0.2, 0.25) is 0 Å². The van der Waals surface area contributed by atoms with Crippen molar-refractivity contribution >= 4 is 5.96 Å². The van der Waals surface area contributed by atoms with Crippen molar-refractivity contribution in [1.82, 2.24) is 15.2 Å². The van der Waals surface area contributed by atoms with Crippen LogP contribution in [0.4, 0.5) is 0 Å². The molecule has 1 aromatic rings. The van der Waals surface area contributed by atoms with Crippen LogP contribution in [0.3, 0.4) is 0 Å². The van der Waals surface area contributed by atoms with Gasteiger partial charge >= 0.3 is 0 Å². The van der Waals surface area contributed by atoms with Gasteiger partial charge in [-0.1, -0.05) is 6.07 Å². The van der Waals surface area contributed by atoms with E-state index in [0.717, 1.165) is 44.3 Å². The predicted octanol–water partition coefficient (Wildman–Crippen LogP) is 1.84. The van der Waals surface area contributed by atoms with Crippen molar-refractivity contribution in [3.05, 3.63) is 29.6 Å². The van der Waals surface area contributed by atoms with Gasteiger partial charge in [0.05, 0.1) is 32.1 Å². The van der Waals surface area contributed by atoms with Crippen LogP contribution in [0.5, 0.6) is 0 Å². The van der Waals surface area contributed by atoms with Gasteiger partial charge in [-0.3, -0.25) is 4.98 Å². The Bertz CT molecular complexity index is 521. The van der Waals surface area contributed by atoms with Crippen molar-refractivity contribution in [3.8, 4) is 0 Å². The molecule has 134 valence electrons. The zero-order valence-electron chi connectivity index (χ0n) is 15.1. The summed E-state index contributed by atoms with van der Waals surface area (Å²) in [6, 6.07) is 4.04. The maximum Gasteiger partial charge on any atom is 0.194 e. The van der Waals surface area contributed by atoms with E-state index in [9.17, 15) is 0 Å². The summed E-state index contributed by atoms with van der Waals surface area (Å²) in [6.07, 6.45) is 2.97. The first-order valence-corrected chi connectivity index (χ1v) is 8.75. The van der Waals surface area contributed by atoms with Gasteiger partial charge in [-0.25, -0.2) is 4.99 Å². The Labute approximate surface area is 145 Å². The Balaban J connectivity index is 1.88. The van der Waals surface area contributed by atoms with Crippen molar-refractivity contribution in [2.45, 2.75) is 26.8 Å². The maximum atomic E-state index is 5.67. The number of nitrogens with one attached hydrogen (secondary N) is 1. The minimum atomic E-state index is 0.558. The van der Waals surface area contributed by atoms with E-state index in [1.165, 1.54) is 5.56 Å². The van der Waals surface area contributed by atoms with Gasteiger partial charge in [0.15, 0.2) is 5.96 Å². The van der Waals surface area contributed by atoms with E-state index in [1.807, 2.05) is 12.3 Å². The van der Waals surface area contributed by atoms with Gasteiger partial charge in [-0.2, -0.15) is 0 Å². The number of hydrogen-bond donors (Lipinski definition) is 1. The second-order valence-electron chi connectivity index (χ2n) is 6.11. The minimum Gasteiger partial charge on any atom is -0.382 e. The number of pyridine rings is 1. The van der Waals surface area contributed by atoms with Crippen molar-refractivity contribution in [1.29, 1.82) is 0 Å². The summed E-state index contributed by atoms with van der Waals surface area (Å²) in [4.78, 5) is 11.5. The molecule has 6 nitrogen and oxygen atoms in total. The summed E-state index contributed by atoms with van der Waals surface area (Å²) in [5.41, 5.74) is 2.22. The van der Waals surface area contributed by atoms with Crippen LogP contribution in [0.2, 0.25) is 0 Å². The lowest BCUT2D eigenvalue weighted by molar-refractivity contribution is 0.0536. The van der Waals surface area contributed by atoms with Crippen LogP contribution in [0, 0.1) is 12.8 Å². The molecule has 1 unspecified atom stereocenters. The van der Waals surface area contributed by atoms with Crippen molar-refractivity contribution in [3.63, 3.8) is 0 Å². The summed E-state index contributed by atoms with van der Waals surface area (Å²) in [6.45, 7) is 9.77. The Hall–Kier alpha value is -1.66. The number of ether oxygens (including phenoxy) is 2. The summed E-state index contributed by atoms with van der Waals surface area (Å²) in [7, 11) is 1.70. The molecule has 0 saturated carbocycles. The molecule has 1 fully saturated rings. The van der Waals surface area contributed by atoms with Crippen molar-refractivity contribution in [2.75, 3.05) is 46.6 Å². The molecule has 24 heavy (non-hydrogen) atoms. The van der Waals surface area contributed by atoms with E-state index in [0.29, 0.717) is 25.7 Å². The minimum absolute atomic E-state index is 0.558. The fourth-order valence-corrected chi connectivity index (χ4v) is 2.81. The Morgan fingerprint density at radius 1 is 1.46 bits per heavy atom. The number of rotatable bonds is 8. The van der Waals surface area contributed by atoms with Gasteiger partial charge < -0.3 is 19.7 Å². The number of nitrogens with zero attached hydrogens (tertiary/aromatic N) is 3. The third-order valence-electron chi connectivity index (χ3n) is 4.20. The standard InChI is InChI=1S/C18H30N4O2/c1-4-19-18(21-12-17-15(2)6-5-8-20-17)22-9-7-16(13-22)14-24-11-10-23-3/h5-6,8,16H,4,7,9-14H2,1-3H3,(H,19,21). The summed E-state index contributed by atoms with van der Waals surface area (Å²) < 4.78 is 10.7. The summed E-state index contributed by atoms with van der Waals surface area (Å²) in [5, 5.41) is 3.40. The SMILES string of the molecule is CCNC(=NCc1ncccc1C)N1CCC(COCCOC)C1. The van der Waals surface area contributed by atoms with Crippen molar-refractivity contribution < 1.29 is 9.47 Å². The monoisotopic (exact) mass is 334 g/mol. The highest BCUT2D eigenvalue weighted by molar-refractivity contribution is 5.80. The van der Waals surface area contributed by atoms with Gasteiger partial charge in [-0.05, 0) is 31.9 Å². The molecule has 6 heteroatoms. The molecule has 1 saturated heterocycles. The molecule has 0 spiro atoms. The van der Waals surface area contributed by atoms with Gasteiger partial charge in [-0.15, -0.1) is 0 Å². The first kappa shape index (κ1) is 18.7. The van der Waals surface area contributed by atoms with E-state index in [4.69, 9.17) is 14.5 Å². The molecule has 0 amide bonds. The molecule has 0 bridgehead atoms. The molecule has 1 aliphatic heterocycles. The normalized spacial score (nSPS) is 18.2. The third-order valence-corrected chi connectivity index (χ3v) is 4.20. The maximum absolute atomic E-state index is 5.67. The number of aliphatic imine (C=N–C) groups is 1. The molecule has 0 aliphatic carbocycles. The number of guanidine groups is 1. The van der Waals surface area contributed by atoms with Crippen LogP contribution in [-0.2, 0) is 16.0 Å². The number of hydrogen-bond acceptors (Lipinski definition) is 4. The molecular weight excluding hydrogens is 304 g/mol. The largest absolute Gasteiger partial charge is 0.382 e. The fourth-order valence-electron chi connectivity index (χ4n) is 2.81. The lowest BCUT2D eigenvalue weighted by atomic mass is 10.1. The van der Waals surface area contributed by atoms with Gasteiger partial charge in [0.1, 0.15) is 0 Å². The quantitative estimate of drug-likeness (QED) is 0.447. The Kier molecular flexibility index (Phi) is 7.98. The summed E-state index contributed by atoms with van der Waals surface area (Å²) in [5.74, 6) is 1.53. The van der Waals surface area contributed by atoms with Crippen LogP contribution in [0.15, 0.2) is 23.3 Å². The Morgan fingerprint density at radius 2 is 2.33 bits per heavy atom. The first-order valence-electron chi connectivity index (χ1n) is 8.75. The first-order chi connectivity index (χ1) is 11.7. The van der Waals surface area contributed by atoms with Crippen LogP contribution < -0.4 is 5.32 Å². The van der Waals surface area contributed by atoms with Gasteiger partial charge in [0, 0.05) is 38.9 Å². The van der Waals surface area contributed by atoms with E-state index >= 15 is 0 Å². The molecule has 1 N–H and O–H groups in total. The topological polar surface area (TPSA) is 59.0 Å². The van der Waals surface area contributed by atoms with E-state index in [1.54, 1.807) is 7.11 Å². The van der Waals surface area contributed by atoms with E-state index in [-0.39, 0.29) is 0 Å². The van der Waals surface area contributed by atoms with Gasteiger partial charge in [0.25, 0.3) is 0 Å². The van der Waals surface area contributed by atoms with Crippen molar-refractivity contribution in [2.24, 2.45) is 10.9 Å². The molecule has 1 aliphatic rings. The van der Waals surface area contributed by atoms with Crippen LogP contribution in [-0.4, -0.2) is 62.4 Å². The predicted molar refractivity (Wildman–Crippen MR) is 96.2 cm³/mol. The van der Waals surface area contributed by atoms with E-state index in [2.05, 4.69) is 35.1 Å². The molecule has 1 aromatic heterocycles. The fraction of sp³-hybridized carbons (Fsp3) is 0.667. The molecule has 2 rings (SSSR count). The van der Waals surface area contributed by atoms with Crippen LogP contribution in [0.1, 0.15) is 24.6 Å². The average Bonchev–Trinajstić information content (AvgIpc) is 3.05. The smallest absolute Gasteiger partial charge is 0.194 e. The van der Waals surface area contributed by atoms with E-state index < -0.39 is 0 Å². The number of aryl methyl sites for hydroxylation is 1. The zero-order valence-corrected chi connectivity index (χ0v) is 15.1. The third kappa shape index (κ3) is 5.76. The lowest BCUT2D eigenvalue weighted by Gasteiger charge is -2.21. The van der Waals surface area contributed by atoms with Crippen LogP contribution in [0.25, 0.3) is 0 Å². The van der Waals surface area contributed by atoms with Crippen LogP contribution >= 0.6 is 0 Å². The summed E-state index contributed by atoms with van der Waals surface area (Å²) >= 11 is 0. The average molecular weight is 334 g/mol. The highest BCUT2D eigenvalue weighted by atomic mass is 16.5. The number of likely N-dealkylation sites (tertiary alicyclic amines) is 1. The molecule has 0 radical (unpaired) electrons. The molecule has 0 aromatic carbocycles. The lowest BCUT2D eigenvalue weighted by Crippen LogP contribution is -2.40. The Morgan fingerprint density at radius 3 is 3.08 bits per heavy atom. The molecule has 1 atom stereocenters. The zero-order chi connectivity index (χ0) is 17.2. The second kappa shape index (κ2) is 10.3.